The van der Waals surface area contributed by atoms with E-state index in [0.717, 1.165) is 22.6 Å². The summed E-state index contributed by atoms with van der Waals surface area (Å²) in [5, 5.41) is 0. The lowest BCUT2D eigenvalue weighted by molar-refractivity contribution is 0.340. The van der Waals surface area contributed by atoms with Crippen molar-refractivity contribution in [3.05, 3.63) is 59.7 Å². The number of hydrogen-bond donors (Lipinski definition) is 1. The highest BCUT2D eigenvalue weighted by Gasteiger charge is 2.09. The average Bonchev–Trinajstić information content (AvgIpc) is 2.48. The molecule has 0 aliphatic rings. The van der Waals surface area contributed by atoms with Gasteiger partial charge in [0.1, 0.15) is 11.5 Å². The molecule has 0 bridgehead atoms. The van der Waals surface area contributed by atoms with Crippen LogP contribution in [0.2, 0.25) is 0 Å². The van der Waals surface area contributed by atoms with Crippen LogP contribution in [0, 0.1) is 0 Å². The van der Waals surface area contributed by atoms with E-state index in [4.69, 9.17) is 15.2 Å². The quantitative estimate of drug-likeness (QED) is 0.895. The molecule has 0 saturated carbocycles. The maximum absolute atomic E-state index is 6.25. The van der Waals surface area contributed by atoms with E-state index in [9.17, 15) is 0 Å². The molecule has 0 saturated heterocycles. The van der Waals surface area contributed by atoms with E-state index in [1.807, 2.05) is 55.5 Å². The van der Waals surface area contributed by atoms with Gasteiger partial charge in [0.25, 0.3) is 0 Å². The molecular weight excluding hydrogens is 238 g/mol. The molecule has 2 N–H and O–H groups in total. The van der Waals surface area contributed by atoms with Crippen LogP contribution >= 0.6 is 0 Å². The largest absolute Gasteiger partial charge is 0.497 e. The second-order valence-electron chi connectivity index (χ2n) is 4.25. The van der Waals surface area contributed by atoms with E-state index >= 15 is 0 Å². The first-order valence-electron chi connectivity index (χ1n) is 6.37. The molecule has 0 aliphatic carbocycles. The van der Waals surface area contributed by atoms with Crippen LogP contribution in [0.3, 0.4) is 0 Å². The van der Waals surface area contributed by atoms with Crippen molar-refractivity contribution in [3.8, 4) is 11.5 Å². The van der Waals surface area contributed by atoms with Crippen LogP contribution in [0.15, 0.2) is 48.5 Å². The van der Waals surface area contributed by atoms with Gasteiger partial charge in [-0.1, -0.05) is 24.3 Å². The van der Waals surface area contributed by atoms with Crippen LogP contribution in [-0.2, 0) is 0 Å². The zero-order valence-corrected chi connectivity index (χ0v) is 11.3. The summed E-state index contributed by atoms with van der Waals surface area (Å²) in [4.78, 5) is 0. The molecule has 0 spiro atoms. The average molecular weight is 257 g/mol. The first-order valence-corrected chi connectivity index (χ1v) is 6.37. The third-order valence-electron chi connectivity index (χ3n) is 3.03. The lowest BCUT2D eigenvalue weighted by Crippen LogP contribution is -2.11. The van der Waals surface area contributed by atoms with Gasteiger partial charge in [0.05, 0.1) is 19.8 Å². The van der Waals surface area contributed by atoms with Gasteiger partial charge in [-0.15, -0.1) is 0 Å². The lowest BCUT2D eigenvalue weighted by atomic mass is 9.99. The van der Waals surface area contributed by atoms with Crippen LogP contribution in [0.5, 0.6) is 11.5 Å². The summed E-state index contributed by atoms with van der Waals surface area (Å²) in [6.07, 6.45) is 0. The minimum atomic E-state index is -0.137. The van der Waals surface area contributed by atoms with Crippen LogP contribution in [-0.4, -0.2) is 13.7 Å². The first-order chi connectivity index (χ1) is 9.24. The van der Waals surface area contributed by atoms with Gasteiger partial charge < -0.3 is 15.2 Å². The zero-order valence-electron chi connectivity index (χ0n) is 11.3. The van der Waals surface area contributed by atoms with Crippen LogP contribution in [0.4, 0.5) is 0 Å². The summed E-state index contributed by atoms with van der Waals surface area (Å²) < 4.78 is 10.6. The molecule has 3 nitrogen and oxygen atoms in total. The van der Waals surface area contributed by atoms with Crippen molar-refractivity contribution < 1.29 is 9.47 Å². The van der Waals surface area contributed by atoms with Crippen molar-refractivity contribution in [2.75, 3.05) is 13.7 Å². The monoisotopic (exact) mass is 257 g/mol. The number of methoxy groups -OCH3 is 1. The molecule has 2 aromatic carbocycles. The Labute approximate surface area is 114 Å². The van der Waals surface area contributed by atoms with E-state index in [-0.39, 0.29) is 6.04 Å². The summed E-state index contributed by atoms with van der Waals surface area (Å²) in [5.41, 5.74) is 8.37. The predicted molar refractivity (Wildman–Crippen MR) is 76.6 cm³/mol. The molecule has 0 heterocycles. The predicted octanol–water partition coefficient (Wildman–Crippen LogP) is 3.14. The topological polar surface area (TPSA) is 44.5 Å². The van der Waals surface area contributed by atoms with Gasteiger partial charge in [0.15, 0.2) is 0 Å². The fourth-order valence-corrected chi connectivity index (χ4v) is 1.94. The molecule has 0 aliphatic heterocycles. The maximum Gasteiger partial charge on any atom is 0.119 e. The number of benzene rings is 2. The van der Waals surface area contributed by atoms with Crippen LogP contribution in [0.25, 0.3) is 0 Å². The molecule has 1 atom stereocenters. The fourth-order valence-electron chi connectivity index (χ4n) is 1.94. The zero-order chi connectivity index (χ0) is 13.7. The van der Waals surface area contributed by atoms with Gasteiger partial charge in [-0.05, 0) is 42.3 Å². The van der Waals surface area contributed by atoms with Crippen LogP contribution < -0.4 is 15.2 Å². The third kappa shape index (κ3) is 3.26. The lowest BCUT2D eigenvalue weighted by Gasteiger charge is -2.13. The standard InChI is InChI=1S/C16H19NO2/c1-3-19-15-10-6-13(7-11-15)16(17)12-4-8-14(18-2)9-5-12/h4-11,16H,3,17H2,1-2H3. The molecule has 19 heavy (non-hydrogen) atoms. The second-order valence-corrected chi connectivity index (χ2v) is 4.25. The minimum absolute atomic E-state index is 0.137. The number of hydrogen-bond acceptors (Lipinski definition) is 3. The Morgan fingerprint density at radius 2 is 1.37 bits per heavy atom. The minimum Gasteiger partial charge on any atom is -0.497 e. The number of nitrogens with two attached hydrogens (primary N) is 1. The Hall–Kier alpha value is -2.00. The molecule has 2 aromatic rings. The molecule has 3 heteroatoms. The number of ether oxygens (including phenoxy) is 2. The Morgan fingerprint density at radius 1 is 0.895 bits per heavy atom. The Morgan fingerprint density at radius 3 is 1.79 bits per heavy atom. The Kier molecular flexibility index (Phi) is 4.42. The van der Waals surface area contributed by atoms with Crippen molar-refractivity contribution in [3.63, 3.8) is 0 Å². The summed E-state index contributed by atoms with van der Waals surface area (Å²) in [6.45, 7) is 2.64. The van der Waals surface area contributed by atoms with Gasteiger partial charge in [-0.25, -0.2) is 0 Å². The van der Waals surface area contributed by atoms with E-state index in [2.05, 4.69) is 0 Å². The molecule has 0 radical (unpaired) electrons. The summed E-state index contributed by atoms with van der Waals surface area (Å²) in [7, 11) is 1.65. The second kappa shape index (κ2) is 6.25. The van der Waals surface area contributed by atoms with Gasteiger partial charge in [0, 0.05) is 0 Å². The Bertz CT molecular complexity index is 505. The molecule has 1 unspecified atom stereocenters. The third-order valence-corrected chi connectivity index (χ3v) is 3.03. The SMILES string of the molecule is CCOc1ccc(C(N)c2ccc(OC)cc2)cc1. The van der Waals surface area contributed by atoms with Gasteiger partial charge >= 0.3 is 0 Å². The van der Waals surface area contributed by atoms with Crippen molar-refractivity contribution in [1.29, 1.82) is 0 Å². The van der Waals surface area contributed by atoms with E-state index < -0.39 is 0 Å². The summed E-state index contributed by atoms with van der Waals surface area (Å²) >= 11 is 0. The molecule has 0 fully saturated rings. The first kappa shape index (κ1) is 13.4. The highest BCUT2D eigenvalue weighted by Crippen LogP contribution is 2.23. The summed E-state index contributed by atoms with van der Waals surface area (Å²) in [6, 6.07) is 15.6. The molecule has 0 amide bonds. The number of rotatable bonds is 5. The van der Waals surface area contributed by atoms with Crippen LogP contribution in [0.1, 0.15) is 24.1 Å². The highest BCUT2D eigenvalue weighted by atomic mass is 16.5. The van der Waals surface area contributed by atoms with Gasteiger partial charge in [-0.2, -0.15) is 0 Å². The van der Waals surface area contributed by atoms with Gasteiger partial charge in [-0.3, -0.25) is 0 Å². The fraction of sp³-hybridized carbons (Fsp3) is 0.250. The van der Waals surface area contributed by atoms with Crippen molar-refractivity contribution in [1.82, 2.24) is 0 Å². The van der Waals surface area contributed by atoms with Crippen molar-refractivity contribution in [2.45, 2.75) is 13.0 Å². The molecule has 2 rings (SSSR count). The molecular formula is C16H19NO2. The maximum atomic E-state index is 6.25. The van der Waals surface area contributed by atoms with E-state index in [1.54, 1.807) is 7.11 Å². The normalized spacial score (nSPS) is 11.9. The van der Waals surface area contributed by atoms with E-state index in [1.165, 1.54) is 0 Å². The smallest absolute Gasteiger partial charge is 0.119 e. The van der Waals surface area contributed by atoms with Crippen molar-refractivity contribution >= 4 is 0 Å². The van der Waals surface area contributed by atoms with Crippen molar-refractivity contribution in [2.24, 2.45) is 5.73 Å². The molecule has 0 aromatic heterocycles. The Balaban J connectivity index is 2.15. The highest BCUT2D eigenvalue weighted by molar-refractivity contribution is 5.37. The van der Waals surface area contributed by atoms with Gasteiger partial charge in [0.2, 0.25) is 0 Å². The summed E-state index contributed by atoms with van der Waals surface area (Å²) in [5.74, 6) is 1.70. The molecule has 100 valence electrons. The van der Waals surface area contributed by atoms with E-state index in [0.29, 0.717) is 6.61 Å².